The van der Waals surface area contributed by atoms with E-state index in [0.29, 0.717) is 6.42 Å². The lowest BCUT2D eigenvalue weighted by Crippen LogP contribution is -2.60. The van der Waals surface area contributed by atoms with Gasteiger partial charge < -0.3 is 40.3 Å². The second-order valence-electron chi connectivity index (χ2n) is 25.0. The number of aliphatic hydroxyl groups excluding tert-OH is 5. The third kappa shape index (κ3) is 54.3. The van der Waals surface area contributed by atoms with Gasteiger partial charge >= 0.3 is 0 Å². The fraction of sp³-hybridized carbons (Fsp3) is 0.756. The van der Waals surface area contributed by atoms with E-state index in [4.69, 9.17) is 9.47 Å². The van der Waals surface area contributed by atoms with Crippen LogP contribution >= 0.6 is 0 Å². The smallest absolute Gasteiger partial charge is 0.220 e. The third-order valence-electron chi connectivity index (χ3n) is 16.8. The number of allylic oxidation sites excluding steroid dienone is 17. The molecular formula is C78H137NO8. The molecule has 1 heterocycles. The molecule has 0 aromatic carbocycles. The number of hydrogen-bond acceptors (Lipinski definition) is 8. The summed E-state index contributed by atoms with van der Waals surface area (Å²) in [4.78, 5) is 13.1. The summed E-state index contributed by atoms with van der Waals surface area (Å²) in [7, 11) is 0. The van der Waals surface area contributed by atoms with Gasteiger partial charge in [0.15, 0.2) is 6.29 Å². The summed E-state index contributed by atoms with van der Waals surface area (Å²) in [5.74, 6) is -0.185. The van der Waals surface area contributed by atoms with E-state index in [0.717, 1.165) is 83.5 Å². The van der Waals surface area contributed by atoms with Gasteiger partial charge in [0.25, 0.3) is 0 Å². The molecule has 7 unspecified atom stereocenters. The summed E-state index contributed by atoms with van der Waals surface area (Å²) in [6.45, 7) is 3.68. The van der Waals surface area contributed by atoms with Crippen molar-refractivity contribution in [2.45, 2.75) is 365 Å². The topological polar surface area (TPSA) is 149 Å². The van der Waals surface area contributed by atoms with Crippen molar-refractivity contribution < 1.29 is 39.8 Å². The maximum atomic E-state index is 13.1. The Morgan fingerprint density at radius 3 is 1.10 bits per heavy atom. The summed E-state index contributed by atoms with van der Waals surface area (Å²) in [6, 6.07) is -0.828. The van der Waals surface area contributed by atoms with Crippen LogP contribution in [0.2, 0.25) is 0 Å². The summed E-state index contributed by atoms with van der Waals surface area (Å²) in [6.07, 6.45) is 90.6. The van der Waals surface area contributed by atoms with Crippen LogP contribution in [-0.4, -0.2) is 87.5 Å². The first-order valence-corrected chi connectivity index (χ1v) is 36.6. The predicted molar refractivity (Wildman–Crippen MR) is 373 cm³/mol. The fourth-order valence-electron chi connectivity index (χ4n) is 11.2. The quantitative estimate of drug-likeness (QED) is 0.0261. The van der Waals surface area contributed by atoms with Gasteiger partial charge in [-0.05, 0) is 89.9 Å². The van der Waals surface area contributed by atoms with Gasteiger partial charge in [-0.15, -0.1) is 0 Å². The van der Waals surface area contributed by atoms with Crippen LogP contribution in [-0.2, 0) is 14.3 Å². The van der Waals surface area contributed by atoms with Crippen LogP contribution in [0.15, 0.2) is 109 Å². The molecule has 0 spiro atoms. The number of carbonyl (C=O) groups excluding carboxylic acids is 1. The summed E-state index contributed by atoms with van der Waals surface area (Å²) >= 11 is 0. The maximum Gasteiger partial charge on any atom is 0.220 e. The van der Waals surface area contributed by atoms with Gasteiger partial charge in [0.2, 0.25) is 5.91 Å². The summed E-state index contributed by atoms with van der Waals surface area (Å²) < 4.78 is 11.3. The van der Waals surface area contributed by atoms with E-state index >= 15 is 0 Å². The molecule has 1 fully saturated rings. The molecule has 7 atom stereocenters. The number of hydrogen-bond donors (Lipinski definition) is 6. The molecule has 1 aliphatic rings. The predicted octanol–water partition coefficient (Wildman–Crippen LogP) is 20.4. The van der Waals surface area contributed by atoms with Gasteiger partial charge in [-0.25, -0.2) is 0 Å². The van der Waals surface area contributed by atoms with E-state index < -0.39 is 49.5 Å². The van der Waals surface area contributed by atoms with Crippen LogP contribution in [0, 0.1) is 0 Å². The van der Waals surface area contributed by atoms with Gasteiger partial charge in [0.05, 0.1) is 25.4 Å². The molecule has 1 saturated heterocycles. The minimum Gasteiger partial charge on any atom is -0.394 e. The minimum absolute atomic E-state index is 0.185. The number of ether oxygens (including phenoxy) is 2. The molecule has 6 N–H and O–H groups in total. The molecule has 1 rings (SSSR count). The average Bonchev–Trinajstić information content (AvgIpc) is 3.38. The monoisotopic (exact) mass is 1220 g/mol. The zero-order chi connectivity index (χ0) is 62.8. The number of rotatable bonds is 63. The van der Waals surface area contributed by atoms with E-state index in [1.54, 1.807) is 6.08 Å². The van der Waals surface area contributed by atoms with E-state index in [9.17, 15) is 30.3 Å². The lowest BCUT2D eigenvalue weighted by molar-refractivity contribution is -0.302. The Balaban J connectivity index is 2.12. The van der Waals surface area contributed by atoms with Crippen molar-refractivity contribution in [2.24, 2.45) is 0 Å². The molecule has 0 aromatic rings. The second kappa shape index (κ2) is 65.8. The molecule has 0 aromatic heterocycles. The Labute approximate surface area is 536 Å². The van der Waals surface area contributed by atoms with Gasteiger partial charge in [-0.2, -0.15) is 0 Å². The zero-order valence-electron chi connectivity index (χ0n) is 56.2. The Morgan fingerprint density at radius 1 is 0.402 bits per heavy atom. The molecule has 1 aliphatic heterocycles. The van der Waals surface area contributed by atoms with Crippen molar-refractivity contribution in [3.8, 4) is 0 Å². The van der Waals surface area contributed by atoms with E-state index in [2.05, 4.69) is 116 Å². The van der Waals surface area contributed by atoms with Crippen LogP contribution in [0.25, 0.3) is 0 Å². The lowest BCUT2D eigenvalue weighted by Gasteiger charge is -2.40. The second-order valence-corrected chi connectivity index (χ2v) is 25.0. The van der Waals surface area contributed by atoms with Crippen LogP contribution in [0.4, 0.5) is 0 Å². The van der Waals surface area contributed by atoms with Crippen LogP contribution in [0.3, 0.4) is 0 Å². The first kappa shape index (κ1) is 81.9. The van der Waals surface area contributed by atoms with Crippen molar-refractivity contribution in [2.75, 3.05) is 13.2 Å². The molecule has 87 heavy (non-hydrogen) atoms. The SMILES string of the molecule is CC/C=C\C/C=C\C/C=C\C/C=C\C/C=C\C/C=C\C/C=C\CCCCCCCCCCCCCCCCCCCC(=O)NC(COC1OC(CO)C(O)C(O)C1O)C(O)/C=C/CC/C=C/CCCCCCCCCCCCCCCCCCCCC. The maximum absolute atomic E-state index is 13.1. The van der Waals surface area contributed by atoms with Crippen LogP contribution < -0.4 is 5.32 Å². The third-order valence-corrected chi connectivity index (χ3v) is 16.8. The minimum atomic E-state index is -1.58. The van der Waals surface area contributed by atoms with Crippen LogP contribution in [0.5, 0.6) is 0 Å². The number of nitrogens with one attached hydrogen (secondary N) is 1. The standard InChI is InChI=1S/C78H137NO8/c1-3-5-7-9-11-13-15-17-19-21-23-25-27-29-30-31-32-33-34-35-36-37-38-39-40-41-42-44-46-48-50-52-54-56-58-60-62-64-66-68-74(82)79-71(70-86-78-77(85)76(84)75(83)73(69-80)87-78)72(81)67-65-63-61-59-57-55-53-51-49-47-45-43-28-26-24-22-20-18-16-14-12-10-8-6-4-2/h5,7,11,13,17,19,23,25,29-30,32-33,35-36,57,59,65,67,71-73,75-78,80-81,83-85H,3-4,6,8-10,12,14-16,18,20-22,24,26-28,31,34,37-56,58,60-64,66,68-70H2,1-2H3,(H,79,82)/b7-5-,13-11-,19-17-,25-23-,30-29-,33-32-,36-35-,59-57+,67-65+. The molecule has 9 heteroatoms. The van der Waals surface area contributed by atoms with Gasteiger partial charge in [0.1, 0.15) is 24.4 Å². The molecule has 1 amide bonds. The molecule has 0 aliphatic carbocycles. The van der Waals surface area contributed by atoms with Crippen molar-refractivity contribution in [3.63, 3.8) is 0 Å². The summed E-state index contributed by atoms with van der Waals surface area (Å²) in [5, 5.41) is 54.8. The first-order chi connectivity index (χ1) is 42.8. The zero-order valence-corrected chi connectivity index (χ0v) is 56.2. The van der Waals surface area contributed by atoms with Gasteiger partial charge in [-0.3, -0.25) is 4.79 Å². The number of carbonyl (C=O) groups is 1. The van der Waals surface area contributed by atoms with Crippen molar-refractivity contribution in [1.82, 2.24) is 5.32 Å². The van der Waals surface area contributed by atoms with Crippen molar-refractivity contribution in [1.29, 1.82) is 0 Å². The molecule has 0 bridgehead atoms. The Bertz CT molecular complexity index is 1750. The van der Waals surface area contributed by atoms with Gasteiger partial charge in [0, 0.05) is 6.42 Å². The van der Waals surface area contributed by atoms with E-state index in [-0.39, 0.29) is 12.5 Å². The molecule has 0 radical (unpaired) electrons. The summed E-state index contributed by atoms with van der Waals surface area (Å²) in [5.41, 5.74) is 0. The Kier molecular flexibility index (Phi) is 61.9. The number of amides is 1. The average molecular weight is 1220 g/mol. The highest BCUT2D eigenvalue weighted by molar-refractivity contribution is 5.76. The Hall–Kier alpha value is -3.15. The molecule has 0 saturated carbocycles. The van der Waals surface area contributed by atoms with Crippen molar-refractivity contribution in [3.05, 3.63) is 109 Å². The lowest BCUT2D eigenvalue weighted by atomic mass is 9.99. The number of unbranched alkanes of at least 4 members (excludes halogenated alkanes) is 37. The Morgan fingerprint density at radius 2 is 0.724 bits per heavy atom. The highest BCUT2D eigenvalue weighted by Gasteiger charge is 2.44. The normalized spacial score (nSPS) is 18.6. The fourth-order valence-corrected chi connectivity index (χ4v) is 11.2. The van der Waals surface area contributed by atoms with Gasteiger partial charge in [-0.1, -0.05) is 335 Å². The largest absolute Gasteiger partial charge is 0.394 e. The molecule has 502 valence electrons. The highest BCUT2D eigenvalue weighted by atomic mass is 16.7. The molecule has 9 nitrogen and oxygen atoms in total. The molecular weight excluding hydrogens is 1080 g/mol. The van der Waals surface area contributed by atoms with Crippen LogP contribution in [0.1, 0.15) is 322 Å². The van der Waals surface area contributed by atoms with Crippen molar-refractivity contribution >= 4 is 5.91 Å². The highest BCUT2D eigenvalue weighted by Crippen LogP contribution is 2.23. The van der Waals surface area contributed by atoms with E-state index in [1.807, 2.05) is 6.08 Å². The first-order valence-electron chi connectivity index (χ1n) is 36.6. The van der Waals surface area contributed by atoms with E-state index in [1.165, 1.54) is 218 Å². The number of aliphatic hydroxyl groups is 5.